The van der Waals surface area contributed by atoms with E-state index in [1.165, 1.54) is 18.2 Å². The molecule has 2 rings (SSSR count). The van der Waals surface area contributed by atoms with E-state index >= 15 is 0 Å². The third-order valence-corrected chi connectivity index (χ3v) is 4.09. The average Bonchev–Trinajstić information content (AvgIpc) is 2.39. The van der Waals surface area contributed by atoms with Crippen LogP contribution >= 0.6 is 11.6 Å². The van der Waals surface area contributed by atoms with E-state index in [1.54, 1.807) is 30.3 Å². The van der Waals surface area contributed by atoms with E-state index in [1.807, 2.05) is 0 Å². The summed E-state index contributed by atoms with van der Waals surface area (Å²) in [5, 5.41) is 0.529. The molecule has 98 valence electrons. The Morgan fingerprint density at radius 2 is 1.74 bits per heavy atom. The van der Waals surface area contributed by atoms with Crippen LogP contribution in [0.3, 0.4) is 0 Å². The summed E-state index contributed by atoms with van der Waals surface area (Å²) in [7, 11) is -1.51. The highest BCUT2D eigenvalue weighted by Gasteiger charge is 2.15. The van der Waals surface area contributed by atoms with Crippen LogP contribution < -0.4 is 0 Å². The maximum absolute atomic E-state index is 13.4. The molecule has 2 aromatic carbocycles. The molecule has 19 heavy (non-hydrogen) atoms. The Kier molecular flexibility index (Phi) is 4.45. The van der Waals surface area contributed by atoms with Gasteiger partial charge in [0.1, 0.15) is 5.82 Å². The van der Waals surface area contributed by atoms with Gasteiger partial charge in [0.05, 0.1) is 22.1 Å². The van der Waals surface area contributed by atoms with E-state index in [-0.39, 0.29) is 11.3 Å². The molecular weight excluding hydrogens is 287 g/mol. The van der Waals surface area contributed by atoms with Crippen LogP contribution in [0.1, 0.15) is 10.4 Å². The molecule has 0 amide bonds. The van der Waals surface area contributed by atoms with Gasteiger partial charge in [0.15, 0.2) is 5.78 Å². The Bertz CT molecular complexity index is 626. The SMILES string of the molecule is O=C(CS(=O)c1ccc(Cl)cc1)c1ccccc1F. The summed E-state index contributed by atoms with van der Waals surface area (Å²) < 4.78 is 25.4. The van der Waals surface area contributed by atoms with Gasteiger partial charge in [-0.2, -0.15) is 0 Å². The Morgan fingerprint density at radius 1 is 1.11 bits per heavy atom. The predicted octanol–water partition coefficient (Wildman–Crippen LogP) is 3.47. The summed E-state index contributed by atoms with van der Waals surface area (Å²) in [6, 6.07) is 12.0. The fourth-order valence-corrected chi connectivity index (χ4v) is 2.68. The summed E-state index contributed by atoms with van der Waals surface area (Å²) in [6.07, 6.45) is 0. The van der Waals surface area contributed by atoms with Crippen LogP contribution in [0.4, 0.5) is 4.39 Å². The fraction of sp³-hybridized carbons (Fsp3) is 0.0714. The Hall–Kier alpha value is -1.52. The van der Waals surface area contributed by atoms with Crippen LogP contribution in [0, 0.1) is 5.82 Å². The van der Waals surface area contributed by atoms with Crippen molar-refractivity contribution >= 4 is 28.2 Å². The topological polar surface area (TPSA) is 34.1 Å². The number of rotatable bonds is 4. The lowest BCUT2D eigenvalue weighted by atomic mass is 10.1. The first-order valence-electron chi connectivity index (χ1n) is 5.49. The molecule has 0 heterocycles. The molecule has 2 aromatic rings. The maximum Gasteiger partial charge on any atom is 0.178 e. The van der Waals surface area contributed by atoms with Crippen molar-refractivity contribution in [3.63, 3.8) is 0 Å². The third kappa shape index (κ3) is 3.49. The molecule has 0 saturated carbocycles. The number of carbonyl (C=O) groups excluding carboxylic acids is 1. The zero-order valence-electron chi connectivity index (χ0n) is 9.81. The van der Waals surface area contributed by atoms with Crippen molar-refractivity contribution in [2.24, 2.45) is 0 Å². The van der Waals surface area contributed by atoms with Gasteiger partial charge in [-0.25, -0.2) is 4.39 Å². The van der Waals surface area contributed by atoms with Crippen LogP contribution in [-0.2, 0) is 10.8 Å². The van der Waals surface area contributed by atoms with Crippen LogP contribution in [0.5, 0.6) is 0 Å². The van der Waals surface area contributed by atoms with E-state index in [2.05, 4.69) is 0 Å². The van der Waals surface area contributed by atoms with Crippen LogP contribution in [0.15, 0.2) is 53.4 Å². The largest absolute Gasteiger partial charge is 0.293 e. The lowest BCUT2D eigenvalue weighted by molar-refractivity contribution is 0.101. The molecule has 1 unspecified atom stereocenters. The molecule has 0 fully saturated rings. The first-order valence-corrected chi connectivity index (χ1v) is 7.19. The minimum Gasteiger partial charge on any atom is -0.293 e. The monoisotopic (exact) mass is 296 g/mol. The van der Waals surface area contributed by atoms with Crippen molar-refractivity contribution < 1.29 is 13.4 Å². The minimum atomic E-state index is -1.51. The van der Waals surface area contributed by atoms with Gasteiger partial charge in [0.2, 0.25) is 0 Å². The molecule has 0 bridgehead atoms. The second-order valence-corrected chi connectivity index (χ2v) is 5.73. The molecule has 0 aliphatic carbocycles. The van der Waals surface area contributed by atoms with Gasteiger partial charge in [-0.15, -0.1) is 0 Å². The van der Waals surface area contributed by atoms with Crippen molar-refractivity contribution in [2.75, 3.05) is 5.75 Å². The molecule has 0 saturated heterocycles. The van der Waals surface area contributed by atoms with Gasteiger partial charge < -0.3 is 0 Å². The van der Waals surface area contributed by atoms with Crippen molar-refractivity contribution in [1.29, 1.82) is 0 Å². The van der Waals surface area contributed by atoms with E-state index in [4.69, 9.17) is 11.6 Å². The number of halogens is 2. The second-order valence-electron chi connectivity index (χ2n) is 3.85. The Morgan fingerprint density at radius 3 is 2.37 bits per heavy atom. The molecule has 0 aromatic heterocycles. The zero-order chi connectivity index (χ0) is 13.8. The lowest BCUT2D eigenvalue weighted by Gasteiger charge is -2.03. The van der Waals surface area contributed by atoms with Crippen molar-refractivity contribution in [3.8, 4) is 0 Å². The quantitative estimate of drug-likeness (QED) is 0.810. The van der Waals surface area contributed by atoms with Crippen LogP contribution in [0.25, 0.3) is 0 Å². The Balaban J connectivity index is 2.13. The van der Waals surface area contributed by atoms with Crippen molar-refractivity contribution in [3.05, 3.63) is 64.9 Å². The van der Waals surface area contributed by atoms with Gasteiger partial charge in [0.25, 0.3) is 0 Å². The number of carbonyl (C=O) groups is 1. The van der Waals surface area contributed by atoms with Gasteiger partial charge in [-0.3, -0.25) is 9.00 Å². The molecule has 5 heteroatoms. The normalized spacial score (nSPS) is 12.1. The molecule has 0 radical (unpaired) electrons. The first-order chi connectivity index (χ1) is 9.08. The second kappa shape index (κ2) is 6.08. The van der Waals surface area contributed by atoms with Crippen LogP contribution in [-0.4, -0.2) is 15.7 Å². The van der Waals surface area contributed by atoms with Crippen molar-refractivity contribution in [2.45, 2.75) is 4.90 Å². The van der Waals surface area contributed by atoms with E-state index in [0.717, 1.165) is 0 Å². The lowest BCUT2D eigenvalue weighted by Crippen LogP contribution is -2.12. The zero-order valence-corrected chi connectivity index (χ0v) is 11.4. The number of Topliss-reactive ketones (excluding diaryl/α,β-unsaturated/α-hetero) is 1. The molecule has 0 aliphatic rings. The molecule has 2 nitrogen and oxygen atoms in total. The minimum absolute atomic E-state index is 0.0372. The number of ketones is 1. The summed E-state index contributed by atoms with van der Waals surface area (Å²) in [4.78, 5) is 12.4. The number of hydrogen-bond donors (Lipinski definition) is 0. The predicted molar refractivity (Wildman–Crippen MR) is 73.5 cm³/mol. The highest BCUT2D eigenvalue weighted by atomic mass is 35.5. The van der Waals surface area contributed by atoms with Crippen LogP contribution in [0.2, 0.25) is 5.02 Å². The van der Waals surface area contributed by atoms with E-state index in [9.17, 15) is 13.4 Å². The average molecular weight is 297 g/mol. The summed E-state index contributed by atoms with van der Waals surface area (Å²) in [6.45, 7) is 0. The number of benzene rings is 2. The van der Waals surface area contributed by atoms with E-state index < -0.39 is 22.4 Å². The molecule has 0 N–H and O–H groups in total. The molecule has 0 aliphatic heterocycles. The smallest absolute Gasteiger partial charge is 0.178 e. The highest BCUT2D eigenvalue weighted by molar-refractivity contribution is 7.85. The summed E-state index contributed by atoms with van der Waals surface area (Å²) in [5.74, 6) is -1.32. The van der Waals surface area contributed by atoms with Gasteiger partial charge in [0, 0.05) is 9.92 Å². The van der Waals surface area contributed by atoms with Crippen molar-refractivity contribution in [1.82, 2.24) is 0 Å². The molecule has 0 spiro atoms. The number of hydrogen-bond acceptors (Lipinski definition) is 2. The van der Waals surface area contributed by atoms with Gasteiger partial charge in [-0.05, 0) is 36.4 Å². The van der Waals surface area contributed by atoms with Gasteiger partial charge >= 0.3 is 0 Å². The van der Waals surface area contributed by atoms with Gasteiger partial charge in [-0.1, -0.05) is 23.7 Å². The molecular formula is C14H10ClFO2S. The highest BCUT2D eigenvalue weighted by Crippen LogP contribution is 2.14. The Labute approximate surface area is 117 Å². The standard InChI is InChI=1S/C14H10ClFO2S/c15-10-5-7-11(8-6-10)19(18)9-14(17)12-3-1-2-4-13(12)16/h1-8H,9H2. The first kappa shape index (κ1) is 13.9. The maximum atomic E-state index is 13.4. The third-order valence-electron chi connectivity index (χ3n) is 2.51. The summed E-state index contributed by atoms with van der Waals surface area (Å²) in [5.41, 5.74) is -0.0372. The van der Waals surface area contributed by atoms with E-state index in [0.29, 0.717) is 9.92 Å². The fourth-order valence-electron chi connectivity index (χ4n) is 1.55. The summed E-state index contributed by atoms with van der Waals surface area (Å²) >= 11 is 5.72. The molecule has 1 atom stereocenters.